The van der Waals surface area contributed by atoms with Gasteiger partial charge in [-0.2, -0.15) is 5.10 Å². The molecule has 0 aliphatic heterocycles. The van der Waals surface area contributed by atoms with E-state index in [1.54, 1.807) is 32.3 Å². The summed E-state index contributed by atoms with van der Waals surface area (Å²) in [5, 5.41) is 23.3. The number of aliphatic hydroxyl groups is 1. The number of rotatable bonds is 7. The summed E-state index contributed by atoms with van der Waals surface area (Å²) in [6.07, 6.45) is 6.69. The molecule has 1 fully saturated rings. The average Bonchev–Trinajstić information content (AvgIpc) is 3.31. The smallest absolute Gasteiger partial charge is 0.407 e. The highest BCUT2D eigenvalue weighted by molar-refractivity contribution is 5.68. The molecule has 31 heavy (non-hydrogen) atoms. The molecule has 0 spiro atoms. The van der Waals surface area contributed by atoms with Crippen molar-refractivity contribution in [3.8, 4) is 0 Å². The average molecular weight is 430 g/mol. The number of aromatic amines is 1. The maximum Gasteiger partial charge on any atom is 0.407 e. The molecule has 2 aromatic rings. The maximum atomic E-state index is 11.8. The maximum absolute atomic E-state index is 11.8. The molecule has 0 aromatic carbocycles. The third-order valence-corrected chi connectivity index (χ3v) is 5.07. The number of hydrogen-bond acceptors (Lipinski definition) is 8. The lowest BCUT2D eigenvalue weighted by Gasteiger charge is -2.17. The highest BCUT2D eigenvalue weighted by atomic mass is 16.6. The van der Waals surface area contributed by atoms with Gasteiger partial charge in [0, 0.05) is 41.8 Å². The number of ether oxygens (including phenoxy) is 1. The van der Waals surface area contributed by atoms with Crippen LogP contribution in [0.25, 0.3) is 6.08 Å². The van der Waals surface area contributed by atoms with Crippen LogP contribution in [0.3, 0.4) is 0 Å². The molecule has 0 bridgehead atoms. The predicted octanol–water partition coefficient (Wildman–Crippen LogP) is 2.78. The van der Waals surface area contributed by atoms with Gasteiger partial charge in [-0.05, 0) is 53.0 Å². The first-order chi connectivity index (χ1) is 14.6. The Balaban J connectivity index is 1.65. The normalized spacial score (nSPS) is 19.5. The minimum atomic E-state index is -1.17. The fraction of sp³-hybridized carbons (Fsp3) is 0.524. The Labute approximate surface area is 181 Å². The van der Waals surface area contributed by atoms with Crippen LogP contribution in [0.15, 0.2) is 24.2 Å². The van der Waals surface area contributed by atoms with Crippen LogP contribution in [0, 0.1) is 0 Å². The first-order valence-electron chi connectivity index (χ1n) is 10.4. The molecule has 2 aromatic heterocycles. The number of nitrogens with zero attached hydrogens (tertiary/aromatic N) is 3. The molecular formula is C21H31N7O3. The molecule has 10 heteroatoms. The van der Waals surface area contributed by atoms with Gasteiger partial charge in [0.2, 0.25) is 0 Å². The van der Waals surface area contributed by atoms with Crippen molar-refractivity contribution in [3.63, 3.8) is 0 Å². The van der Waals surface area contributed by atoms with E-state index in [0.717, 1.165) is 25.0 Å². The fourth-order valence-corrected chi connectivity index (χ4v) is 3.36. The second kappa shape index (κ2) is 9.34. The molecule has 1 saturated carbocycles. The summed E-state index contributed by atoms with van der Waals surface area (Å²) in [7, 11) is 0. The zero-order valence-electron chi connectivity index (χ0n) is 18.3. The summed E-state index contributed by atoms with van der Waals surface area (Å²) in [6.45, 7) is 7.00. The number of aromatic nitrogens is 4. The number of anilines is 2. The van der Waals surface area contributed by atoms with Crippen LogP contribution >= 0.6 is 0 Å². The number of carbonyl (C=O) groups is 1. The van der Waals surface area contributed by atoms with Gasteiger partial charge in [0.1, 0.15) is 11.8 Å². The molecule has 168 valence electrons. The van der Waals surface area contributed by atoms with E-state index in [4.69, 9.17) is 10.5 Å². The highest BCUT2D eigenvalue weighted by Gasteiger charge is 2.30. The van der Waals surface area contributed by atoms with Crippen LogP contribution in [-0.2, 0) is 4.74 Å². The van der Waals surface area contributed by atoms with Crippen molar-refractivity contribution in [2.75, 3.05) is 5.32 Å². The Bertz CT molecular complexity index is 933. The summed E-state index contributed by atoms with van der Waals surface area (Å²) in [6, 6.07) is 1.97. The van der Waals surface area contributed by atoms with E-state index in [-0.39, 0.29) is 29.9 Å². The molecule has 3 rings (SSSR count). The van der Waals surface area contributed by atoms with Gasteiger partial charge in [-0.15, -0.1) is 0 Å². The van der Waals surface area contributed by atoms with Crippen molar-refractivity contribution in [1.29, 1.82) is 0 Å². The molecule has 2 heterocycles. The Morgan fingerprint density at radius 1 is 1.35 bits per heavy atom. The Morgan fingerprint density at radius 3 is 2.81 bits per heavy atom. The van der Waals surface area contributed by atoms with Gasteiger partial charge in [0.25, 0.3) is 0 Å². The van der Waals surface area contributed by atoms with Crippen molar-refractivity contribution < 1.29 is 14.6 Å². The highest BCUT2D eigenvalue weighted by Crippen LogP contribution is 2.36. The van der Waals surface area contributed by atoms with Gasteiger partial charge >= 0.3 is 6.09 Å². The van der Waals surface area contributed by atoms with Crippen LogP contribution in [-0.4, -0.2) is 49.1 Å². The summed E-state index contributed by atoms with van der Waals surface area (Å²) in [5.74, 6) is 1.30. The monoisotopic (exact) mass is 429 g/mol. The number of amides is 1. The molecule has 1 amide bonds. The minimum absolute atomic E-state index is 0.0468. The Kier molecular flexibility index (Phi) is 6.79. The van der Waals surface area contributed by atoms with Crippen molar-refractivity contribution in [2.45, 2.75) is 70.6 Å². The Morgan fingerprint density at radius 2 is 2.10 bits per heavy atom. The van der Waals surface area contributed by atoms with Crippen molar-refractivity contribution in [1.82, 2.24) is 25.5 Å². The van der Waals surface area contributed by atoms with E-state index in [9.17, 15) is 9.90 Å². The standard InChI is InChI=1S/C21H31N7O3/c1-12(2)25-20(29)31-14-6-5-13(9-14)15-11-18(28-27-15)26-19-16(23-7-8-24-19)10-17(22)21(3,4)30/h7-8,10-14,30H,5-6,9,22H2,1-4H3,(H,25,29)(H2,24,26,27,28)/t13-,14+/m0/s1. The van der Waals surface area contributed by atoms with Crippen LogP contribution in [0.5, 0.6) is 0 Å². The van der Waals surface area contributed by atoms with E-state index in [1.807, 2.05) is 19.9 Å². The number of carbonyl (C=O) groups excluding carboxylic acids is 1. The lowest BCUT2D eigenvalue weighted by Crippen LogP contribution is -2.33. The third kappa shape index (κ3) is 6.17. The SMILES string of the molecule is CC(C)NC(=O)O[C@@H]1CC[C@H](c2cc(Nc3nccnc3C=C(N)C(C)(C)O)n[nH]2)C1. The number of nitrogens with one attached hydrogen (secondary N) is 3. The zero-order chi connectivity index (χ0) is 22.6. The second-order valence-corrected chi connectivity index (χ2v) is 8.62. The molecule has 2 atom stereocenters. The van der Waals surface area contributed by atoms with Crippen LogP contribution in [0.4, 0.5) is 16.4 Å². The number of hydrogen-bond donors (Lipinski definition) is 5. The minimum Gasteiger partial charge on any atom is -0.446 e. The van der Waals surface area contributed by atoms with Crippen molar-refractivity contribution >= 4 is 23.8 Å². The predicted molar refractivity (Wildman–Crippen MR) is 117 cm³/mol. The van der Waals surface area contributed by atoms with E-state index >= 15 is 0 Å². The molecule has 0 unspecified atom stereocenters. The first-order valence-corrected chi connectivity index (χ1v) is 10.4. The summed E-state index contributed by atoms with van der Waals surface area (Å²) >= 11 is 0. The number of alkyl carbamates (subject to hydrolysis) is 1. The summed E-state index contributed by atoms with van der Waals surface area (Å²) < 4.78 is 5.50. The van der Waals surface area contributed by atoms with E-state index in [2.05, 4.69) is 30.8 Å². The van der Waals surface area contributed by atoms with Crippen LogP contribution < -0.4 is 16.4 Å². The topological polar surface area (TPSA) is 151 Å². The van der Waals surface area contributed by atoms with Crippen molar-refractivity contribution in [2.24, 2.45) is 5.73 Å². The van der Waals surface area contributed by atoms with Crippen molar-refractivity contribution in [3.05, 3.63) is 35.5 Å². The lowest BCUT2D eigenvalue weighted by atomic mass is 10.0. The first kappa shape index (κ1) is 22.5. The quantitative estimate of drug-likeness (QED) is 0.451. The summed E-state index contributed by atoms with van der Waals surface area (Å²) in [4.78, 5) is 20.4. The molecule has 0 saturated heterocycles. The molecule has 10 nitrogen and oxygen atoms in total. The van der Waals surface area contributed by atoms with Gasteiger partial charge in [-0.25, -0.2) is 9.78 Å². The van der Waals surface area contributed by atoms with E-state index in [1.165, 1.54) is 0 Å². The fourth-order valence-electron chi connectivity index (χ4n) is 3.36. The van der Waals surface area contributed by atoms with Gasteiger partial charge in [0.15, 0.2) is 11.6 Å². The lowest BCUT2D eigenvalue weighted by molar-refractivity contribution is 0.0981. The van der Waals surface area contributed by atoms with E-state index in [0.29, 0.717) is 17.3 Å². The molecule has 1 aliphatic rings. The van der Waals surface area contributed by atoms with Crippen LogP contribution in [0.2, 0.25) is 0 Å². The van der Waals surface area contributed by atoms with Gasteiger partial charge < -0.3 is 26.2 Å². The van der Waals surface area contributed by atoms with Gasteiger partial charge in [-0.3, -0.25) is 10.1 Å². The van der Waals surface area contributed by atoms with Gasteiger partial charge in [0.05, 0.1) is 5.60 Å². The molecule has 1 aliphatic carbocycles. The largest absolute Gasteiger partial charge is 0.446 e. The van der Waals surface area contributed by atoms with Gasteiger partial charge in [-0.1, -0.05) is 0 Å². The third-order valence-electron chi connectivity index (χ3n) is 5.07. The molecule has 6 N–H and O–H groups in total. The number of H-pyrrole nitrogens is 1. The van der Waals surface area contributed by atoms with Crippen LogP contribution in [0.1, 0.15) is 64.3 Å². The molecular weight excluding hydrogens is 398 g/mol. The summed E-state index contributed by atoms with van der Waals surface area (Å²) in [5.41, 5.74) is 6.53. The van der Waals surface area contributed by atoms with E-state index < -0.39 is 5.60 Å². The molecule has 0 radical (unpaired) electrons. The Hall–Kier alpha value is -3.14. The zero-order valence-corrected chi connectivity index (χ0v) is 18.3. The second-order valence-electron chi connectivity index (χ2n) is 8.62. The number of nitrogens with two attached hydrogens (primary N) is 1.